The first-order chi connectivity index (χ1) is 4.43. The van der Waals surface area contributed by atoms with Crippen LogP contribution in [0.1, 0.15) is 32.6 Å². The third-order valence-corrected chi connectivity index (χ3v) is 1.52. The van der Waals surface area contributed by atoms with Crippen molar-refractivity contribution >= 4 is 0 Å². The molecule has 1 rings (SSSR count). The molecule has 0 saturated heterocycles. The zero-order chi connectivity index (χ0) is 6.53. The van der Waals surface area contributed by atoms with E-state index >= 15 is 0 Å². The summed E-state index contributed by atoms with van der Waals surface area (Å²) in [6.07, 6.45) is 7.13. The van der Waals surface area contributed by atoms with Gasteiger partial charge in [0.1, 0.15) is 6.61 Å². The van der Waals surface area contributed by atoms with Gasteiger partial charge in [-0.1, -0.05) is 0 Å². The van der Waals surface area contributed by atoms with Gasteiger partial charge in [0.05, 0.1) is 5.76 Å². The Balaban J connectivity index is 2.28. The SMILES string of the molecule is C[CH]OC1=CCCCC1. The van der Waals surface area contributed by atoms with Crippen molar-refractivity contribution < 1.29 is 4.74 Å². The number of rotatable bonds is 2. The summed E-state index contributed by atoms with van der Waals surface area (Å²) in [5.74, 6) is 1.16. The first kappa shape index (κ1) is 6.66. The van der Waals surface area contributed by atoms with Gasteiger partial charge < -0.3 is 4.74 Å². The van der Waals surface area contributed by atoms with Gasteiger partial charge in [0, 0.05) is 6.42 Å². The molecule has 0 bridgehead atoms. The zero-order valence-electron chi connectivity index (χ0n) is 5.89. The monoisotopic (exact) mass is 125 g/mol. The Morgan fingerprint density at radius 3 is 3.00 bits per heavy atom. The van der Waals surface area contributed by atoms with Gasteiger partial charge in [-0.05, 0) is 32.3 Å². The summed E-state index contributed by atoms with van der Waals surface area (Å²) >= 11 is 0. The maximum atomic E-state index is 5.22. The molecule has 0 atom stereocenters. The minimum atomic E-state index is 1.13. The molecule has 0 amide bonds. The summed E-state index contributed by atoms with van der Waals surface area (Å²) in [5.41, 5.74) is 0. The molecule has 1 aliphatic carbocycles. The molecule has 0 fully saturated rings. The van der Waals surface area contributed by atoms with E-state index in [-0.39, 0.29) is 0 Å². The van der Waals surface area contributed by atoms with E-state index in [9.17, 15) is 0 Å². The Labute approximate surface area is 56.7 Å². The van der Waals surface area contributed by atoms with Crippen LogP contribution in [0, 0.1) is 6.61 Å². The molecule has 1 nitrogen and oxygen atoms in total. The van der Waals surface area contributed by atoms with E-state index in [1.807, 2.05) is 6.92 Å². The molecule has 0 N–H and O–H groups in total. The summed E-state index contributed by atoms with van der Waals surface area (Å²) in [6, 6.07) is 0. The minimum absolute atomic E-state index is 1.13. The van der Waals surface area contributed by atoms with Crippen LogP contribution in [0.2, 0.25) is 0 Å². The fraction of sp³-hybridized carbons (Fsp3) is 0.625. The van der Waals surface area contributed by atoms with E-state index in [4.69, 9.17) is 4.74 Å². The topological polar surface area (TPSA) is 9.23 Å². The summed E-state index contributed by atoms with van der Waals surface area (Å²) < 4.78 is 5.22. The third kappa shape index (κ3) is 2.08. The molecule has 0 heterocycles. The van der Waals surface area contributed by atoms with Crippen molar-refractivity contribution in [3.63, 3.8) is 0 Å². The fourth-order valence-corrected chi connectivity index (χ4v) is 1.07. The molecule has 51 valence electrons. The van der Waals surface area contributed by atoms with Crippen LogP contribution in [0.3, 0.4) is 0 Å². The van der Waals surface area contributed by atoms with Gasteiger partial charge in [-0.15, -0.1) is 0 Å². The molecule has 0 aromatic carbocycles. The first-order valence-corrected chi connectivity index (χ1v) is 3.57. The van der Waals surface area contributed by atoms with Crippen molar-refractivity contribution in [1.29, 1.82) is 0 Å². The lowest BCUT2D eigenvalue weighted by Crippen LogP contribution is -1.93. The van der Waals surface area contributed by atoms with E-state index in [1.165, 1.54) is 19.3 Å². The Kier molecular flexibility index (Phi) is 2.62. The summed E-state index contributed by atoms with van der Waals surface area (Å²) in [6.45, 7) is 3.66. The van der Waals surface area contributed by atoms with E-state index in [0.29, 0.717) is 0 Å². The van der Waals surface area contributed by atoms with Gasteiger partial charge in [-0.2, -0.15) is 0 Å². The average molecular weight is 125 g/mol. The average Bonchev–Trinajstić information content (AvgIpc) is 1.91. The Hall–Kier alpha value is -0.460. The van der Waals surface area contributed by atoms with Gasteiger partial charge in [-0.3, -0.25) is 0 Å². The van der Waals surface area contributed by atoms with Crippen LogP contribution in [0.5, 0.6) is 0 Å². The van der Waals surface area contributed by atoms with Crippen LogP contribution in [-0.4, -0.2) is 0 Å². The van der Waals surface area contributed by atoms with E-state index in [2.05, 4.69) is 6.08 Å². The molecular weight excluding hydrogens is 112 g/mol. The number of hydrogen-bond donors (Lipinski definition) is 0. The third-order valence-electron chi connectivity index (χ3n) is 1.52. The summed E-state index contributed by atoms with van der Waals surface area (Å²) in [5, 5.41) is 0. The molecule has 1 radical (unpaired) electrons. The molecule has 0 aromatic heterocycles. The predicted octanol–water partition coefficient (Wildman–Crippen LogP) is 2.64. The second-order valence-electron chi connectivity index (χ2n) is 2.27. The standard InChI is InChI=1S/C8H13O/c1-2-9-8-6-4-3-5-7-8/h2,6H,3-5,7H2,1H3. The molecule has 1 heteroatoms. The minimum Gasteiger partial charge on any atom is -0.492 e. The lowest BCUT2D eigenvalue weighted by Gasteiger charge is -2.11. The van der Waals surface area contributed by atoms with Crippen LogP contribution in [0.4, 0.5) is 0 Å². The molecule has 0 aromatic rings. The summed E-state index contributed by atoms with van der Waals surface area (Å²) in [4.78, 5) is 0. The number of ether oxygens (including phenoxy) is 1. The second-order valence-corrected chi connectivity index (χ2v) is 2.27. The normalized spacial score (nSPS) is 19.0. The van der Waals surface area contributed by atoms with Crippen LogP contribution in [0.25, 0.3) is 0 Å². The van der Waals surface area contributed by atoms with Gasteiger partial charge in [0.25, 0.3) is 0 Å². The highest BCUT2D eigenvalue weighted by Crippen LogP contribution is 2.18. The molecule has 0 unspecified atom stereocenters. The van der Waals surface area contributed by atoms with Crippen molar-refractivity contribution in [3.05, 3.63) is 18.4 Å². The maximum absolute atomic E-state index is 5.22. The van der Waals surface area contributed by atoms with Crippen LogP contribution >= 0.6 is 0 Å². The van der Waals surface area contributed by atoms with Crippen molar-refractivity contribution in [1.82, 2.24) is 0 Å². The molecule has 0 saturated carbocycles. The number of hydrogen-bond acceptors (Lipinski definition) is 1. The smallest absolute Gasteiger partial charge is 0.132 e. The largest absolute Gasteiger partial charge is 0.492 e. The Bertz CT molecular complexity index is 105. The van der Waals surface area contributed by atoms with Crippen LogP contribution in [-0.2, 0) is 4.74 Å². The van der Waals surface area contributed by atoms with Crippen molar-refractivity contribution in [2.75, 3.05) is 0 Å². The van der Waals surface area contributed by atoms with Gasteiger partial charge in [0.2, 0.25) is 0 Å². The quantitative estimate of drug-likeness (QED) is 0.551. The van der Waals surface area contributed by atoms with Gasteiger partial charge in [-0.25, -0.2) is 0 Å². The highest BCUT2D eigenvalue weighted by Gasteiger charge is 2.01. The zero-order valence-corrected chi connectivity index (χ0v) is 5.89. The molecule has 0 aliphatic heterocycles. The van der Waals surface area contributed by atoms with Crippen LogP contribution < -0.4 is 0 Å². The lowest BCUT2D eigenvalue weighted by atomic mass is 10.1. The fourth-order valence-electron chi connectivity index (χ4n) is 1.07. The second kappa shape index (κ2) is 3.54. The highest BCUT2D eigenvalue weighted by atomic mass is 16.5. The van der Waals surface area contributed by atoms with Crippen molar-refractivity contribution in [3.8, 4) is 0 Å². The highest BCUT2D eigenvalue weighted by molar-refractivity contribution is 4.97. The van der Waals surface area contributed by atoms with E-state index < -0.39 is 0 Å². The van der Waals surface area contributed by atoms with Gasteiger partial charge >= 0.3 is 0 Å². The molecule has 9 heavy (non-hydrogen) atoms. The van der Waals surface area contributed by atoms with Crippen molar-refractivity contribution in [2.45, 2.75) is 32.6 Å². The van der Waals surface area contributed by atoms with Gasteiger partial charge in [0.15, 0.2) is 0 Å². The molecular formula is C8H13O. The van der Waals surface area contributed by atoms with E-state index in [1.54, 1.807) is 6.61 Å². The Morgan fingerprint density at radius 2 is 2.44 bits per heavy atom. The Morgan fingerprint density at radius 1 is 1.56 bits per heavy atom. The molecule has 0 spiro atoms. The van der Waals surface area contributed by atoms with Crippen molar-refractivity contribution in [2.24, 2.45) is 0 Å². The molecule has 1 aliphatic rings. The maximum Gasteiger partial charge on any atom is 0.132 e. The summed E-state index contributed by atoms with van der Waals surface area (Å²) in [7, 11) is 0. The van der Waals surface area contributed by atoms with E-state index in [0.717, 1.165) is 12.2 Å². The first-order valence-electron chi connectivity index (χ1n) is 3.57. The number of allylic oxidation sites excluding steroid dienone is 2. The lowest BCUT2D eigenvalue weighted by molar-refractivity contribution is 0.271. The van der Waals surface area contributed by atoms with Crippen LogP contribution in [0.15, 0.2) is 11.8 Å². The predicted molar refractivity (Wildman–Crippen MR) is 37.6 cm³/mol.